The minimum Gasteiger partial charge on any atom is -0.279 e. The average molecular weight is 484 g/mol. The van der Waals surface area contributed by atoms with E-state index in [2.05, 4.69) is 48.5 Å². The van der Waals surface area contributed by atoms with Crippen molar-refractivity contribution in [3.63, 3.8) is 0 Å². The lowest BCUT2D eigenvalue weighted by Gasteiger charge is -1.97. The van der Waals surface area contributed by atoms with Crippen molar-refractivity contribution >= 4 is 51.7 Å². The van der Waals surface area contributed by atoms with Gasteiger partial charge in [0.15, 0.2) is 0 Å². The summed E-state index contributed by atoms with van der Waals surface area (Å²) in [7, 11) is -11.7. The van der Waals surface area contributed by atoms with Crippen molar-refractivity contribution in [3.8, 4) is 0 Å². The van der Waals surface area contributed by atoms with E-state index in [0.717, 1.165) is 0 Å². The quantitative estimate of drug-likeness (QED) is 0.269. The molecule has 0 saturated heterocycles. The molecule has 0 saturated carbocycles. The minimum absolute atomic E-state index is 1.38. The predicted octanol–water partition coefficient (Wildman–Crippen LogP) is 4.84. The molecule has 0 unspecified atom stereocenters. The highest BCUT2D eigenvalue weighted by Crippen LogP contribution is 2.32. The monoisotopic (exact) mass is 484 g/mol. The molecule has 1 heterocycles. The van der Waals surface area contributed by atoms with Crippen LogP contribution >= 0.6 is 11.3 Å². The van der Waals surface area contributed by atoms with Gasteiger partial charge in [-0.15, -0.1) is 11.3 Å². The summed E-state index contributed by atoms with van der Waals surface area (Å²) in [5.41, 5.74) is -11.1. The van der Waals surface area contributed by atoms with Crippen molar-refractivity contribution in [1.82, 2.24) is 0 Å². The molecule has 2 N–H and O–H groups in total. The molecule has 0 aliphatic heterocycles. The Hall–Kier alpha value is -1.94. The summed E-state index contributed by atoms with van der Waals surface area (Å²) in [4.78, 5) is 0. The van der Waals surface area contributed by atoms with Gasteiger partial charge in [-0.1, -0.05) is 36.4 Å². The molecule has 0 radical (unpaired) electrons. The maximum absolute atomic E-state index is 10.7. The maximum atomic E-state index is 10.7. The summed E-state index contributed by atoms with van der Waals surface area (Å²) >= 11 is 1.86. The van der Waals surface area contributed by atoms with Crippen molar-refractivity contribution in [1.29, 1.82) is 0 Å². The molecule has 0 aliphatic rings. The number of benzene rings is 2. The first-order chi connectivity index (χ1) is 12.9. The lowest BCUT2D eigenvalue weighted by atomic mass is 10.2. The van der Waals surface area contributed by atoms with Gasteiger partial charge in [0.05, 0.1) is 0 Å². The number of hydrogen-bond acceptors (Lipinski definition) is 5. The van der Waals surface area contributed by atoms with Crippen LogP contribution in [0.5, 0.6) is 0 Å². The van der Waals surface area contributed by atoms with Crippen LogP contribution in [0.4, 0.5) is 26.3 Å². The van der Waals surface area contributed by atoms with E-state index in [1.54, 1.807) is 0 Å². The summed E-state index contributed by atoms with van der Waals surface area (Å²) in [5, 5.41) is 2.76. The number of thiophene rings is 1. The van der Waals surface area contributed by atoms with E-state index in [1.807, 2.05) is 11.3 Å². The zero-order valence-electron chi connectivity index (χ0n) is 13.6. The minimum atomic E-state index is -5.84. The first-order valence-electron chi connectivity index (χ1n) is 6.89. The van der Waals surface area contributed by atoms with Crippen LogP contribution in [0.25, 0.3) is 20.2 Å². The second-order valence-electron chi connectivity index (χ2n) is 4.94. The van der Waals surface area contributed by atoms with Gasteiger partial charge in [0.1, 0.15) is 0 Å². The van der Waals surface area contributed by atoms with Gasteiger partial charge in [-0.25, -0.2) is 0 Å². The molecule has 0 aliphatic carbocycles. The first-order valence-corrected chi connectivity index (χ1v) is 10.6. The Bertz CT molecular complexity index is 1090. The molecule has 0 amide bonds. The van der Waals surface area contributed by atoms with E-state index >= 15 is 0 Å². The van der Waals surface area contributed by atoms with Gasteiger partial charge in [-0.05, 0) is 12.1 Å². The summed E-state index contributed by atoms with van der Waals surface area (Å²) in [6, 6.07) is 17.1. The Labute approximate surface area is 163 Å². The molecule has 0 spiro atoms. The van der Waals surface area contributed by atoms with E-state index in [4.69, 9.17) is 25.9 Å². The topological polar surface area (TPSA) is 109 Å². The number of alkyl halides is 6. The third-order valence-corrected chi connectivity index (χ3v) is 5.19. The second-order valence-corrected chi connectivity index (χ2v) is 8.85. The largest absolute Gasteiger partial charge is 0.522 e. The van der Waals surface area contributed by atoms with Crippen LogP contribution in [-0.2, 0) is 20.2 Å². The highest BCUT2D eigenvalue weighted by molar-refractivity contribution is 7.86. The first kappa shape index (κ1) is 25.1. The Morgan fingerprint density at radius 1 is 0.621 bits per heavy atom. The van der Waals surface area contributed by atoms with E-state index in [1.165, 1.54) is 20.2 Å². The average Bonchev–Trinajstić information content (AvgIpc) is 2.91. The molecule has 0 fully saturated rings. The van der Waals surface area contributed by atoms with Gasteiger partial charge >= 0.3 is 31.3 Å². The third-order valence-electron chi connectivity index (χ3n) is 2.87. The molecule has 162 valence electrons. The molecule has 15 heteroatoms. The smallest absolute Gasteiger partial charge is 0.279 e. The van der Waals surface area contributed by atoms with Crippen LogP contribution in [0.1, 0.15) is 0 Å². The van der Waals surface area contributed by atoms with E-state index in [0.29, 0.717) is 0 Å². The zero-order valence-corrected chi connectivity index (χ0v) is 16.1. The molecule has 6 nitrogen and oxygen atoms in total. The van der Waals surface area contributed by atoms with E-state index in [9.17, 15) is 26.3 Å². The van der Waals surface area contributed by atoms with E-state index < -0.39 is 31.3 Å². The van der Waals surface area contributed by atoms with Crippen LogP contribution < -0.4 is 0 Å². The SMILES string of the molecule is O=S(=O)(O)C(F)(F)F.O=S(=O)(O)C(F)(F)F.c1ccc2c(c1)sc1ccccc12. The zero-order chi connectivity index (χ0) is 22.7. The van der Waals surface area contributed by atoms with E-state index in [-0.39, 0.29) is 0 Å². The summed E-state index contributed by atoms with van der Waals surface area (Å²) in [6.07, 6.45) is 0. The fraction of sp³-hybridized carbons (Fsp3) is 0.143. The van der Waals surface area contributed by atoms with Gasteiger partial charge in [-0.2, -0.15) is 43.2 Å². The Kier molecular flexibility index (Phi) is 7.64. The molecular weight excluding hydrogens is 474 g/mol. The van der Waals surface area contributed by atoms with Crippen molar-refractivity contribution in [2.75, 3.05) is 0 Å². The van der Waals surface area contributed by atoms with Crippen LogP contribution in [-0.4, -0.2) is 37.0 Å². The standard InChI is InChI=1S/C12H8S.2CHF3O3S/c1-3-7-11-9(5-1)10-6-2-4-8-12(10)13-11;2*2-1(3,4)8(5,6)7/h1-8H;2*(H,5,6,7). The van der Waals surface area contributed by atoms with Crippen molar-refractivity contribution in [3.05, 3.63) is 48.5 Å². The van der Waals surface area contributed by atoms with Crippen molar-refractivity contribution < 1.29 is 52.3 Å². The summed E-state index contributed by atoms with van der Waals surface area (Å²) < 4.78 is 118. The summed E-state index contributed by atoms with van der Waals surface area (Å²) in [6.45, 7) is 0. The highest BCUT2D eigenvalue weighted by Gasteiger charge is 2.45. The second kappa shape index (κ2) is 8.83. The molecule has 3 aromatic rings. The van der Waals surface area contributed by atoms with Crippen molar-refractivity contribution in [2.24, 2.45) is 0 Å². The normalized spacial score (nSPS) is 12.7. The molecule has 0 bridgehead atoms. The molecular formula is C14H10F6O6S3. The Morgan fingerprint density at radius 3 is 1.10 bits per heavy atom. The maximum Gasteiger partial charge on any atom is 0.522 e. The number of hydrogen-bond donors (Lipinski definition) is 2. The number of fused-ring (bicyclic) bond motifs is 3. The summed E-state index contributed by atoms with van der Waals surface area (Å²) in [5.74, 6) is 0. The fourth-order valence-electron chi connectivity index (χ4n) is 1.67. The molecule has 1 aromatic heterocycles. The number of rotatable bonds is 0. The number of halogens is 6. The molecule has 3 rings (SSSR count). The van der Waals surface area contributed by atoms with Gasteiger partial charge in [0.2, 0.25) is 0 Å². The fourth-order valence-corrected chi connectivity index (χ4v) is 2.78. The van der Waals surface area contributed by atoms with Gasteiger partial charge in [0.25, 0.3) is 0 Å². The van der Waals surface area contributed by atoms with Crippen LogP contribution in [0, 0.1) is 0 Å². The highest BCUT2D eigenvalue weighted by atomic mass is 32.2. The van der Waals surface area contributed by atoms with Crippen LogP contribution in [0.2, 0.25) is 0 Å². The Balaban J connectivity index is 0.000000233. The third kappa shape index (κ3) is 7.11. The molecule has 0 atom stereocenters. The van der Waals surface area contributed by atoms with Crippen molar-refractivity contribution in [2.45, 2.75) is 11.0 Å². The van der Waals surface area contributed by atoms with Gasteiger partial charge in [-0.3, -0.25) is 9.11 Å². The lowest BCUT2D eigenvalue weighted by molar-refractivity contribution is -0.0514. The van der Waals surface area contributed by atoms with Crippen LogP contribution in [0.3, 0.4) is 0 Å². The lowest BCUT2D eigenvalue weighted by Crippen LogP contribution is -2.21. The predicted molar refractivity (Wildman–Crippen MR) is 94.5 cm³/mol. The molecule has 2 aromatic carbocycles. The van der Waals surface area contributed by atoms with Crippen LogP contribution in [0.15, 0.2) is 48.5 Å². The van der Waals surface area contributed by atoms with Gasteiger partial charge < -0.3 is 0 Å². The Morgan fingerprint density at radius 2 is 0.862 bits per heavy atom. The molecule has 29 heavy (non-hydrogen) atoms. The van der Waals surface area contributed by atoms with Gasteiger partial charge in [0, 0.05) is 20.2 Å².